The molecule has 0 radical (unpaired) electrons. The fourth-order valence-corrected chi connectivity index (χ4v) is 2.08. The van der Waals surface area contributed by atoms with Crippen molar-refractivity contribution in [3.8, 4) is 0 Å². The minimum Gasteiger partial charge on any atom is -0.359 e. The SMILES string of the molecule is O=C1C(=O)N(Cc2ccno2)c2ccc(Cl)cc21. The summed E-state index contributed by atoms with van der Waals surface area (Å²) < 4.78 is 4.94. The van der Waals surface area contributed by atoms with Gasteiger partial charge in [-0.25, -0.2) is 0 Å². The number of carbonyl (C=O) groups is 2. The van der Waals surface area contributed by atoms with E-state index in [1.54, 1.807) is 18.2 Å². The number of halogens is 1. The molecule has 3 rings (SSSR count). The Morgan fingerprint density at radius 2 is 2.11 bits per heavy atom. The monoisotopic (exact) mass is 262 g/mol. The van der Waals surface area contributed by atoms with Crippen molar-refractivity contribution >= 4 is 29.0 Å². The summed E-state index contributed by atoms with van der Waals surface area (Å²) in [6.07, 6.45) is 1.49. The van der Waals surface area contributed by atoms with Crippen LogP contribution in [0.4, 0.5) is 5.69 Å². The first kappa shape index (κ1) is 11.0. The van der Waals surface area contributed by atoms with Crippen LogP contribution < -0.4 is 4.90 Å². The molecule has 2 heterocycles. The zero-order valence-electron chi connectivity index (χ0n) is 9.09. The Morgan fingerprint density at radius 1 is 1.28 bits per heavy atom. The standard InChI is InChI=1S/C12H7ClN2O3/c13-7-1-2-10-9(5-7)11(16)12(17)15(10)6-8-3-4-14-18-8/h1-5H,6H2. The van der Waals surface area contributed by atoms with E-state index in [-0.39, 0.29) is 6.54 Å². The van der Waals surface area contributed by atoms with Gasteiger partial charge in [0.05, 0.1) is 24.0 Å². The van der Waals surface area contributed by atoms with Crippen molar-refractivity contribution in [3.63, 3.8) is 0 Å². The van der Waals surface area contributed by atoms with Gasteiger partial charge in [-0.05, 0) is 18.2 Å². The number of amides is 1. The number of benzene rings is 1. The Hall–Kier alpha value is -2.14. The van der Waals surface area contributed by atoms with E-state index in [1.165, 1.54) is 17.2 Å². The van der Waals surface area contributed by atoms with Crippen LogP contribution >= 0.6 is 11.6 Å². The molecule has 0 fully saturated rings. The summed E-state index contributed by atoms with van der Waals surface area (Å²) >= 11 is 5.82. The number of anilines is 1. The number of rotatable bonds is 2. The van der Waals surface area contributed by atoms with E-state index in [9.17, 15) is 9.59 Å². The fraction of sp³-hybridized carbons (Fsp3) is 0.0833. The van der Waals surface area contributed by atoms with E-state index in [0.717, 1.165) is 0 Å². The molecule has 0 saturated heterocycles. The van der Waals surface area contributed by atoms with Gasteiger partial charge in [0.15, 0.2) is 5.76 Å². The lowest BCUT2D eigenvalue weighted by molar-refractivity contribution is -0.114. The average molecular weight is 263 g/mol. The van der Waals surface area contributed by atoms with Gasteiger partial charge in [-0.15, -0.1) is 0 Å². The minimum absolute atomic E-state index is 0.180. The molecule has 1 aliphatic rings. The minimum atomic E-state index is -0.580. The van der Waals surface area contributed by atoms with Crippen LogP contribution in [-0.4, -0.2) is 16.8 Å². The number of carbonyl (C=O) groups excluding carboxylic acids is 2. The van der Waals surface area contributed by atoms with Gasteiger partial charge in [-0.2, -0.15) is 0 Å². The molecule has 2 aromatic rings. The van der Waals surface area contributed by atoms with Gasteiger partial charge < -0.3 is 4.52 Å². The topological polar surface area (TPSA) is 63.4 Å². The van der Waals surface area contributed by atoms with E-state index in [1.807, 2.05) is 0 Å². The fourth-order valence-electron chi connectivity index (χ4n) is 1.91. The second-order valence-electron chi connectivity index (χ2n) is 3.86. The average Bonchev–Trinajstić information content (AvgIpc) is 2.94. The van der Waals surface area contributed by atoms with Crippen LogP contribution in [0.3, 0.4) is 0 Å². The van der Waals surface area contributed by atoms with Gasteiger partial charge in [-0.3, -0.25) is 14.5 Å². The highest BCUT2D eigenvalue weighted by atomic mass is 35.5. The number of ketones is 1. The Morgan fingerprint density at radius 3 is 2.83 bits per heavy atom. The molecule has 0 atom stereocenters. The Balaban J connectivity index is 2.02. The van der Waals surface area contributed by atoms with Crippen LogP contribution in [0.15, 0.2) is 35.0 Å². The highest BCUT2D eigenvalue weighted by Gasteiger charge is 2.36. The largest absolute Gasteiger partial charge is 0.359 e. The van der Waals surface area contributed by atoms with Crippen LogP contribution in [-0.2, 0) is 11.3 Å². The van der Waals surface area contributed by atoms with E-state index in [4.69, 9.17) is 16.1 Å². The highest BCUT2D eigenvalue weighted by molar-refractivity contribution is 6.52. The smallest absolute Gasteiger partial charge is 0.299 e. The molecular formula is C12H7ClN2O3. The number of Topliss-reactive ketones (excluding diaryl/α,β-unsaturated/α-hetero) is 1. The number of aromatic nitrogens is 1. The van der Waals surface area contributed by atoms with Crippen LogP contribution in [0.25, 0.3) is 0 Å². The normalized spacial score (nSPS) is 14.2. The molecule has 1 aromatic heterocycles. The van der Waals surface area contributed by atoms with Crippen molar-refractivity contribution in [3.05, 3.63) is 46.8 Å². The van der Waals surface area contributed by atoms with E-state index >= 15 is 0 Å². The van der Waals surface area contributed by atoms with Crippen molar-refractivity contribution in [2.45, 2.75) is 6.54 Å². The second-order valence-corrected chi connectivity index (χ2v) is 4.30. The summed E-state index contributed by atoms with van der Waals surface area (Å²) in [5.41, 5.74) is 0.873. The third-order valence-corrected chi connectivity index (χ3v) is 2.97. The maximum absolute atomic E-state index is 11.9. The molecule has 0 aliphatic carbocycles. The molecule has 1 amide bonds. The summed E-state index contributed by atoms with van der Waals surface area (Å²) in [5, 5.41) is 3.99. The summed E-state index contributed by atoms with van der Waals surface area (Å²) in [6, 6.07) is 6.43. The first-order valence-electron chi connectivity index (χ1n) is 5.22. The summed E-state index contributed by atoms with van der Waals surface area (Å²) in [5.74, 6) is -0.616. The molecule has 18 heavy (non-hydrogen) atoms. The number of hydrogen-bond acceptors (Lipinski definition) is 4. The first-order chi connectivity index (χ1) is 8.66. The van der Waals surface area contributed by atoms with Crippen molar-refractivity contribution in [2.75, 3.05) is 4.90 Å². The number of nitrogens with zero attached hydrogens (tertiary/aromatic N) is 2. The summed E-state index contributed by atoms with van der Waals surface area (Å²) in [7, 11) is 0. The molecule has 0 N–H and O–H groups in total. The van der Waals surface area contributed by atoms with Crippen LogP contribution in [0, 0.1) is 0 Å². The maximum Gasteiger partial charge on any atom is 0.299 e. The molecule has 1 aliphatic heterocycles. The molecule has 0 unspecified atom stereocenters. The maximum atomic E-state index is 11.9. The molecule has 6 heteroatoms. The molecule has 0 bridgehead atoms. The molecule has 0 saturated carbocycles. The molecule has 1 aromatic carbocycles. The van der Waals surface area contributed by atoms with E-state index < -0.39 is 11.7 Å². The molecular weight excluding hydrogens is 256 g/mol. The molecule has 5 nitrogen and oxygen atoms in total. The highest BCUT2D eigenvalue weighted by Crippen LogP contribution is 2.32. The van der Waals surface area contributed by atoms with Crippen molar-refractivity contribution < 1.29 is 14.1 Å². The lowest BCUT2D eigenvalue weighted by atomic mass is 10.1. The molecule has 90 valence electrons. The summed E-state index contributed by atoms with van der Waals surface area (Å²) in [4.78, 5) is 25.0. The third kappa shape index (κ3) is 1.60. The Labute approximate surface area is 107 Å². The van der Waals surface area contributed by atoms with Crippen LogP contribution in [0.1, 0.15) is 16.1 Å². The van der Waals surface area contributed by atoms with Crippen molar-refractivity contribution in [2.24, 2.45) is 0 Å². The van der Waals surface area contributed by atoms with Crippen molar-refractivity contribution in [1.82, 2.24) is 5.16 Å². The van der Waals surface area contributed by atoms with Gasteiger partial charge >= 0.3 is 0 Å². The number of fused-ring (bicyclic) bond motifs is 1. The van der Waals surface area contributed by atoms with Crippen molar-refractivity contribution in [1.29, 1.82) is 0 Å². The molecule has 0 spiro atoms. The Kier molecular flexibility index (Phi) is 2.41. The zero-order valence-corrected chi connectivity index (χ0v) is 9.85. The lowest BCUT2D eigenvalue weighted by Gasteiger charge is -2.14. The number of hydrogen-bond donors (Lipinski definition) is 0. The van der Waals surface area contributed by atoms with Gasteiger partial charge in [0.1, 0.15) is 0 Å². The zero-order chi connectivity index (χ0) is 12.7. The van der Waals surface area contributed by atoms with E-state index in [0.29, 0.717) is 22.0 Å². The predicted molar refractivity (Wildman–Crippen MR) is 63.5 cm³/mol. The van der Waals surface area contributed by atoms with Gasteiger partial charge in [0, 0.05) is 11.1 Å². The van der Waals surface area contributed by atoms with Gasteiger partial charge in [-0.1, -0.05) is 16.8 Å². The lowest BCUT2D eigenvalue weighted by Crippen LogP contribution is -2.28. The predicted octanol–water partition coefficient (Wildman–Crippen LogP) is 2.06. The Bertz CT molecular complexity index is 637. The van der Waals surface area contributed by atoms with Crippen LogP contribution in [0.2, 0.25) is 5.02 Å². The van der Waals surface area contributed by atoms with Gasteiger partial charge in [0.2, 0.25) is 0 Å². The first-order valence-corrected chi connectivity index (χ1v) is 5.60. The third-order valence-electron chi connectivity index (χ3n) is 2.74. The second kappa shape index (κ2) is 3.96. The van der Waals surface area contributed by atoms with E-state index in [2.05, 4.69) is 5.16 Å². The summed E-state index contributed by atoms with van der Waals surface area (Å²) in [6.45, 7) is 0.180. The quantitative estimate of drug-likeness (QED) is 0.777. The van der Waals surface area contributed by atoms with Crippen LogP contribution in [0.5, 0.6) is 0 Å². The van der Waals surface area contributed by atoms with Gasteiger partial charge in [0.25, 0.3) is 11.7 Å².